The number of aryl methyl sites for hydroxylation is 1. The maximum atomic E-state index is 12.5. The van der Waals surface area contributed by atoms with E-state index in [9.17, 15) is 4.79 Å². The number of methoxy groups -OCH3 is 1. The van der Waals surface area contributed by atoms with Crippen molar-refractivity contribution in [2.24, 2.45) is 0 Å². The number of aromatic nitrogens is 3. The van der Waals surface area contributed by atoms with E-state index >= 15 is 0 Å². The molecule has 1 aliphatic rings. The predicted molar refractivity (Wildman–Crippen MR) is 145 cm³/mol. The van der Waals surface area contributed by atoms with Gasteiger partial charge in [0.05, 0.1) is 7.11 Å². The highest BCUT2D eigenvalue weighted by molar-refractivity contribution is 5.94. The summed E-state index contributed by atoms with van der Waals surface area (Å²) in [6.07, 6.45) is 1.51. The Morgan fingerprint density at radius 1 is 0.973 bits per heavy atom. The summed E-state index contributed by atoms with van der Waals surface area (Å²) in [6, 6.07) is 24.5. The fourth-order valence-electron chi connectivity index (χ4n) is 4.89. The molecule has 1 amide bonds. The largest absolute Gasteiger partial charge is 0.497 e. The number of hydrogen-bond acceptors (Lipinski definition) is 5. The molecule has 3 aromatic carbocycles. The van der Waals surface area contributed by atoms with Crippen LogP contribution in [0.4, 0.5) is 0 Å². The lowest BCUT2D eigenvalue weighted by molar-refractivity contribution is 0.0954. The van der Waals surface area contributed by atoms with Crippen LogP contribution < -0.4 is 10.1 Å². The van der Waals surface area contributed by atoms with E-state index in [1.54, 1.807) is 31.4 Å². The quantitative estimate of drug-likeness (QED) is 0.395. The molecule has 0 unspecified atom stereocenters. The first-order chi connectivity index (χ1) is 18.1. The third-order valence-electron chi connectivity index (χ3n) is 6.97. The van der Waals surface area contributed by atoms with E-state index in [1.807, 2.05) is 0 Å². The maximum absolute atomic E-state index is 12.5. The zero-order chi connectivity index (χ0) is 25.6. The second kappa shape index (κ2) is 11.4. The average Bonchev–Trinajstić information content (AvgIpc) is 3.20. The smallest absolute Gasteiger partial charge is 0.251 e. The summed E-state index contributed by atoms with van der Waals surface area (Å²) >= 11 is 0. The van der Waals surface area contributed by atoms with Crippen LogP contribution in [0, 0.1) is 6.92 Å². The van der Waals surface area contributed by atoms with Crippen LogP contribution in [-0.4, -0.2) is 52.3 Å². The van der Waals surface area contributed by atoms with Gasteiger partial charge in [-0.3, -0.25) is 9.69 Å². The van der Waals surface area contributed by atoms with Gasteiger partial charge in [0.2, 0.25) is 0 Å². The minimum Gasteiger partial charge on any atom is -0.497 e. The Labute approximate surface area is 218 Å². The summed E-state index contributed by atoms with van der Waals surface area (Å²) in [5.74, 6) is 2.58. The third kappa shape index (κ3) is 5.89. The number of fused-ring (bicyclic) bond motifs is 1. The molecule has 5 rings (SSSR count). The first-order valence-corrected chi connectivity index (χ1v) is 12.8. The molecule has 1 aliphatic heterocycles. The van der Waals surface area contributed by atoms with Gasteiger partial charge >= 0.3 is 0 Å². The van der Waals surface area contributed by atoms with Gasteiger partial charge < -0.3 is 14.6 Å². The van der Waals surface area contributed by atoms with Crippen LogP contribution in [0.25, 0.3) is 11.1 Å². The van der Waals surface area contributed by atoms with Gasteiger partial charge in [0, 0.05) is 51.1 Å². The molecular formula is C30H33N5O2. The Bertz CT molecular complexity index is 1360. The summed E-state index contributed by atoms with van der Waals surface area (Å²) in [7, 11) is 1.61. The Morgan fingerprint density at radius 2 is 1.81 bits per heavy atom. The van der Waals surface area contributed by atoms with Gasteiger partial charge in [-0.15, -0.1) is 10.2 Å². The van der Waals surface area contributed by atoms with E-state index < -0.39 is 0 Å². The van der Waals surface area contributed by atoms with E-state index in [2.05, 4.69) is 80.4 Å². The van der Waals surface area contributed by atoms with E-state index in [4.69, 9.17) is 4.74 Å². The van der Waals surface area contributed by atoms with Crippen LogP contribution in [0.3, 0.4) is 0 Å². The van der Waals surface area contributed by atoms with Gasteiger partial charge in [-0.1, -0.05) is 42.5 Å². The lowest BCUT2D eigenvalue weighted by atomic mass is 9.99. The molecule has 1 aromatic heterocycles. The highest BCUT2D eigenvalue weighted by Gasteiger charge is 2.19. The van der Waals surface area contributed by atoms with E-state index in [1.165, 1.54) is 22.3 Å². The fraction of sp³-hybridized carbons (Fsp3) is 0.300. The number of nitrogens with one attached hydrogen (secondary N) is 1. The Hall–Kier alpha value is -3.97. The molecule has 1 N–H and O–H groups in total. The number of hydrogen-bond donors (Lipinski definition) is 1. The van der Waals surface area contributed by atoms with Crippen LogP contribution in [0.1, 0.15) is 33.1 Å². The summed E-state index contributed by atoms with van der Waals surface area (Å²) in [5, 5.41) is 11.9. The average molecular weight is 496 g/mol. The van der Waals surface area contributed by atoms with Crippen molar-refractivity contribution >= 4 is 5.91 Å². The molecule has 190 valence electrons. The summed E-state index contributed by atoms with van der Waals surface area (Å²) in [4.78, 5) is 15.0. The van der Waals surface area contributed by atoms with Gasteiger partial charge in [-0.25, -0.2) is 0 Å². The molecule has 37 heavy (non-hydrogen) atoms. The van der Waals surface area contributed by atoms with Crippen molar-refractivity contribution in [1.82, 2.24) is 25.0 Å². The van der Waals surface area contributed by atoms with Crippen molar-refractivity contribution in [3.63, 3.8) is 0 Å². The maximum Gasteiger partial charge on any atom is 0.251 e. The normalized spacial score (nSPS) is 13.6. The summed E-state index contributed by atoms with van der Waals surface area (Å²) in [6.45, 7) is 6.31. The molecule has 0 fully saturated rings. The molecule has 0 saturated carbocycles. The van der Waals surface area contributed by atoms with Crippen LogP contribution in [0.15, 0.2) is 72.8 Å². The number of amides is 1. The molecular weight excluding hydrogens is 462 g/mol. The van der Waals surface area contributed by atoms with E-state index in [0.717, 1.165) is 50.0 Å². The van der Waals surface area contributed by atoms with Crippen molar-refractivity contribution < 1.29 is 9.53 Å². The molecule has 4 aromatic rings. The topological polar surface area (TPSA) is 72.3 Å². The monoisotopic (exact) mass is 495 g/mol. The Morgan fingerprint density at radius 3 is 2.62 bits per heavy atom. The number of nitrogens with zero attached hydrogens (tertiary/aromatic N) is 4. The standard InChI is InChI=1S/C30H33N5O2/c1-22-6-3-4-9-27(22)25-8-5-7-23(20-25)21-34-17-15-29-33-32-28(35(29)19-18-34)14-16-31-30(36)24-10-12-26(37-2)13-11-24/h3-13,20H,14-19,21H2,1-2H3,(H,31,36). The number of carbonyl (C=O) groups excluding carboxylic acids is 1. The zero-order valence-corrected chi connectivity index (χ0v) is 21.5. The highest BCUT2D eigenvalue weighted by Crippen LogP contribution is 2.24. The van der Waals surface area contributed by atoms with Crippen molar-refractivity contribution in [2.45, 2.75) is 32.9 Å². The molecule has 0 spiro atoms. The predicted octanol–water partition coefficient (Wildman–Crippen LogP) is 4.29. The Kier molecular flexibility index (Phi) is 7.61. The lowest BCUT2D eigenvalue weighted by Gasteiger charge is -2.20. The van der Waals surface area contributed by atoms with E-state index in [-0.39, 0.29) is 5.91 Å². The number of benzene rings is 3. The van der Waals surface area contributed by atoms with Crippen molar-refractivity contribution in [3.8, 4) is 16.9 Å². The van der Waals surface area contributed by atoms with Gasteiger partial charge in [-0.05, 0) is 59.5 Å². The lowest BCUT2D eigenvalue weighted by Crippen LogP contribution is -2.28. The van der Waals surface area contributed by atoms with Gasteiger partial charge in [0.15, 0.2) is 0 Å². The second-order valence-electron chi connectivity index (χ2n) is 9.46. The summed E-state index contributed by atoms with van der Waals surface area (Å²) in [5.41, 5.74) is 5.78. The number of carbonyl (C=O) groups is 1. The minimum absolute atomic E-state index is 0.0997. The number of ether oxygens (including phenoxy) is 1. The van der Waals surface area contributed by atoms with E-state index in [0.29, 0.717) is 18.5 Å². The van der Waals surface area contributed by atoms with Gasteiger partial charge in [0.1, 0.15) is 17.4 Å². The first-order valence-electron chi connectivity index (χ1n) is 12.8. The third-order valence-corrected chi connectivity index (χ3v) is 6.97. The van der Waals surface area contributed by atoms with Crippen molar-refractivity contribution in [3.05, 3.63) is 101 Å². The highest BCUT2D eigenvalue weighted by atomic mass is 16.5. The van der Waals surface area contributed by atoms with Crippen LogP contribution in [-0.2, 0) is 25.9 Å². The zero-order valence-electron chi connectivity index (χ0n) is 21.5. The molecule has 7 nitrogen and oxygen atoms in total. The molecule has 7 heteroatoms. The molecule has 0 bridgehead atoms. The van der Waals surface area contributed by atoms with Crippen LogP contribution in [0.5, 0.6) is 5.75 Å². The first kappa shape index (κ1) is 24.7. The molecule has 2 heterocycles. The summed E-state index contributed by atoms with van der Waals surface area (Å²) < 4.78 is 7.38. The van der Waals surface area contributed by atoms with Crippen molar-refractivity contribution in [1.29, 1.82) is 0 Å². The van der Waals surface area contributed by atoms with Crippen LogP contribution in [0.2, 0.25) is 0 Å². The molecule has 0 atom stereocenters. The molecule has 0 saturated heterocycles. The fourth-order valence-corrected chi connectivity index (χ4v) is 4.89. The molecule has 0 aliphatic carbocycles. The van der Waals surface area contributed by atoms with Gasteiger partial charge in [-0.2, -0.15) is 0 Å². The molecule has 0 radical (unpaired) electrons. The Balaban J connectivity index is 1.16. The van der Waals surface area contributed by atoms with Crippen molar-refractivity contribution in [2.75, 3.05) is 26.7 Å². The minimum atomic E-state index is -0.0997. The second-order valence-corrected chi connectivity index (χ2v) is 9.46. The van der Waals surface area contributed by atoms with Crippen LogP contribution >= 0.6 is 0 Å². The SMILES string of the molecule is COc1ccc(C(=O)NCCc2nnc3n2CCN(Cc2cccc(-c4ccccc4C)c2)CC3)cc1. The van der Waals surface area contributed by atoms with Gasteiger partial charge in [0.25, 0.3) is 5.91 Å². The number of rotatable bonds is 8.